The Bertz CT molecular complexity index is 365. The number of rotatable bonds is 5. The van der Waals surface area contributed by atoms with Gasteiger partial charge in [0, 0.05) is 6.54 Å². The van der Waals surface area contributed by atoms with Gasteiger partial charge in [0.1, 0.15) is 6.20 Å². The lowest BCUT2D eigenvalue weighted by atomic mass is 10.5. The number of nitrogens with one attached hydrogen (secondary N) is 2. The van der Waals surface area contributed by atoms with Crippen LogP contribution in [0.2, 0.25) is 0 Å². The predicted octanol–water partition coefficient (Wildman–Crippen LogP) is 0.599. The maximum absolute atomic E-state index is 11.0. The molecule has 1 aromatic heterocycles. The molecule has 0 saturated heterocycles. The van der Waals surface area contributed by atoms with E-state index >= 15 is 0 Å². The van der Waals surface area contributed by atoms with Crippen molar-refractivity contribution in [3.05, 3.63) is 16.3 Å². The summed E-state index contributed by atoms with van der Waals surface area (Å²) in [7, 11) is 0. The molecule has 1 heterocycles. The van der Waals surface area contributed by atoms with Crippen molar-refractivity contribution in [1.29, 1.82) is 0 Å². The van der Waals surface area contributed by atoms with Gasteiger partial charge < -0.3 is 10.6 Å². The SMILES string of the molecule is CCNC(=O)CNc1ncc([N+](=O)[O-])s1. The van der Waals surface area contributed by atoms with Gasteiger partial charge >= 0.3 is 5.00 Å². The van der Waals surface area contributed by atoms with E-state index in [-0.39, 0.29) is 17.5 Å². The minimum Gasteiger partial charge on any atom is -0.355 e. The summed E-state index contributed by atoms with van der Waals surface area (Å²) in [5, 5.41) is 15.9. The van der Waals surface area contributed by atoms with Crippen LogP contribution in [0, 0.1) is 10.1 Å². The van der Waals surface area contributed by atoms with Crippen LogP contribution in [0.1, 0.15) is 6.92 Å². The van der Waals surface area contributed by atoms with Crippen molar-refractivity contribution in [2.75, 3.05) is 18.4 Å². The van der Waals surface area contributed by atoms with E-state index in [4.69, 9.17) is 0 Å². The molecule has 0 aliphatic rings. The summed E-state index contributed by atoms with van der Waals surface area (Å²) in [5.74, 6) is -0.171. The molecule has 0 atom stereocenters. The lowest BCUT2D eigenvalue weighted by Gasteiger charge is -2.01. The van der Waals surface area contributed by atoms with Crippen LogP contribution in [0.3, 0.4) is 0 Å². The Kier molecular flexibility index (Phi) is 3.98. The van der Waals surface area contributed by atoms with E-state index in [0.29, 0.717) is 11.7 Å². The summed E-state index contributed by atoms with van der Waals surface area (Å²) in [5.41, 5.74) is 0. The van der Waals surface area contributed by atoms with Gasteiger partial charge in [-0.1, -0.05) is 0 Å². The Morgan fingerprint density at radius 3 is 3.00 bits per heavy atom. The van der Waals surface area contributed by atoms with Gasteiger partial charge in [0.15, 0.2) is 5.13 Å². The van der Waals surface area contributed by atoms with Crippen molar-refractivity contribution in [3.8, 4) is 0 Å². The smallest absolute Gasteiger partial charge is 0.345 e. The minimum atomic E-state index is -0.519. The first-order valence-electron chi connectivity index (χ1n) is 4.24. The maximum atomic E-state index is 11.0. The van der Waals surface area contributed by atoms with Gasteiger partial charge in [-0.15, -0.1) is 0 Å². The normalized spacial score (nSPS) is 9.67. The van der Waals surface area contributed by atoms with Crippen LogP contribution >= 0.6 is 11.3 Å². The van der Waals surface area contributed by atoms with Crippen molar-refractivity contribution < 1.29 is 9.72 Å². The van der Waals surface area contributed by atoms with E-state index in [9.17, 15) is 14.9 Å². The number of thiazole rings is 1. The molecule has 1 aromatic rings. The zero-order valence-electron chi connectivity index (χ0n) is 8.02. The molecule has 0 saturated carbocycles. The number of anilines is 1. The highest BCUT2D eigenvalue weighted by Gasteiger charge is 2.11. The number of nitro groups is 1. The fraction of sp³-hybridized carbons (Fsp3) is 0.429. The van der Waals surface area contributed by atoms with Crippen LogP contribution in [-0.4, -0.2) is 28.9 Å². The summed E-state index contributed by atoms with van der Waals surface area (Å²) < 4.78 is 0. The van der Waals surface area contributed by atoms with E-state index in [0.717, 1.165) is 17.5 Å². The second-order valence-electron chi connectivity index (χ2n) is 2.57. The third-order valence-electron chi connectivity index (χ3n) is 1.45. The van der Waals surface area contributed by atoms with Gasteiger partial charge in [0.05, 0.1) is 11.5 Å². The van der Waals surface area contributed by atoms with Crippen molar-refractivity contribution >= 4 is 27.4 Å². The molecule has 0 aliphatic carbocycles. The third-order valence-corrected chi connectivity index (χ3v) is 2.35. The van der Waals surface area contributed by atoms with Crippen LogP contribution in [0.25, 0.3) is 0 Å². The number of carbonyl (C=O) groups excluding carboxylic acids is 1. The third kappa shape index (κ3) is 3.50. The highest BCUT2D eigenvalue weighted by molar-refractivity contribution is 7.18. The Morgan fingerprint density at radius 1 is 1.73 bits per heavy atom. The van der Waals surface area contributed by atoms with Gasteiger partial charge in [0.25, 0.3) is 0 Å². The van der Waals surface area contributed by atoms with Crippen molar-refractivity contribution in [2.45, 2.75) is 6.92 Å². The first kappa shape index (κ1) is 11.4. The number of aromatic nitrogens is 1. The van der Waals surface area contributed by atoms with Crippen LogP contribution in [-0.2, 0) is 4.79 Å². The molecule has 0 bridgehead atoms. The van der Waals surface area contributed by atoms with Gasteiger partial charge in [-0.3, -0.25) is 14.9 Å². The highest BCUT2D eigenvalue weighted by Crippen LogP contribution is 2.24. The van der Waals surface area contributed by atoms with E-state index < -0.39 is 4.92 Å². The zero-order valence-corrected chi connectivity index (χ0v) is 8.84. The molecule has 2 N–H and O–H groups in total. The number of likely N-dealkylation sites (N-methyl/N-ethyl adjacent to an activating group) is 1. The highest BCUT2D eigenvalue weighted by atomic mass is 32.1. The molecule has 0 radical (unpaired) electrons. The molecule has 0 unspecified atom stereocenters. The van der Waals surface area contributed by atoms with Crippen molar-refractivity contribution in [1.82, 2.24) is 10.3 Å². The minimum absolute atomic E-state index is 0.0478. The summed E-state index contributed by atoms with van der Waals surface area (Å²) in [6, 6.07) is 0. The summed E-state index contributed by atoms with van der Waals surface area (Å²) in [6.45, 7) is 2.43. The molecule has 0 fully saturated rings. The monoisotopic (exact) mass is 230 g/mol. The molecular weight excluding hydrogens is 220 g/mol. The van der Waals surface area contributed by atoms with E-state index in [2.05, 4.69) is 15.6 Å². The van der Waals surface area contributed by atoms with E-state index in [1.165, 1.54) is 0 Å². The zero-order chi connectivity index (χ0) is 11.3. The average Bonchev–Trinajstić information content (AvgIpc) is 2.63. The van der Waals surface area contributed by atoms with Crippen LogP contribution in [0.5, 0.6) is 0 Å². The number of hydrogen-bond acceptors (Lipinski definition) is 6. The summed E-state index contributed by atoms with van der Waals surface area (Å²) >= 11 is 0.900. The van der Waals surface area contributed by atoms with E-state index in [1.807, 2.05) is 6.92 Å². The maximum Gasteiger partial charge on any atom is 0.345 e. The van der Waals surface area contributed by atoms with Crippen LogP contribution in [0.15, 0.2) is 6.20 Å². The Balaban J connectivity index is 2.44. The Morgan fingerprint density at radius 2 is 2.47 bits per heavy atom. The second kappa shape index (κ2) is 5.25. The van der Waals surface area contributed by atoms with Gasteiger partial charge in [-0.05, 0) is 18.3 Å². The summed E-state index contributed by atoms with van der Waals surface area (Å²) in [6.07, 6.45) is 1.16. The molecule has 0 aromatic carbocycles. The average molecular weight is 230 g/mol. The van der Waals surface area contributed by atoms with Crippen LogP contribution < -0.4 is 10.6 Å². The summed E-state index contributed by atoms with van der Waals surface area (Å²) in [4.78, 5) is 24.6. The molecule has 0 spiro atoms. The quantitative estimate of drug-likeness (QED) is 0.570. The first-order valence-corrected chi connectivity index (χ1v) is 5.06. The topological polar surface area (TPSA) is 97.2 Å². The Hall–Kier alpha value is -1.70. The van der Waals surface area contributed by atoms with Gasteiger partial charge in [0.2, 0.25) is 5.91 Å². The molecule has 1 amide bonds. The molecule has 82 valence electrons. The van der Waals surface area contributed by atoms with E-state index in [1.54, 1.807) is 0 Å². The predicted molar refractivity (Wildman–Crippen MR) is 55.9 cm³/mol. The molecule has 7 nitrogen and oxygen atoms in total. The fourth-order valence-corrected chi connectivity index (χ4v) is 1.48. The molecule has 1 rings (SSSR count). The molecule has 8 heteroatoms. The lowest BCUT2D eigenvalue weighted by Crippen LogP contribution is -2.29. The van der Waals surface area contributed by atoms with Crippen molar-refractivity contribution in [2.24, 2.45) is 0 Å². The van der Waals surface area contributed by atoms with Gasteiger partial charge in [-0.25, -0.2) is 4.98 Å². The van der Waals surface area contributed by atoms with Gasteiger partial charge in [-0.2, -0.15) is 0 Å². The number of nitrogens with zero attached hydrogens (tertiary/aromatic N) is 2. The number of hydrogen-bond donors (Lipinski definition) is 2. The van der Waals surface area contributed by atoms with Crippen LogP contribution in [0.4, 0.5) is 10.1 Å². The molecule has 0 aliphatic heterocycles. The molecular formula is C7H10N4O3S. The number of amides is 1. The second-order valence-corrected chi connectivity index (χ2v) is 3.58. The fourth-order valence-electron chi connectivity index (χ4n) is 0.847. The van der Waals surface area contributed by atoms with Crippen molar-refractivity contribution in [3.63, 3.8) is 0 Å². The first-order chi connectivity index (χ1) is 7.13. The molecule has 15 heavy (non-hydrogen) atoms. The Labute approximate surface area is 89.7 Å². The lowest BCUT2D eigenvalue weighted by molar-refractivity contribution is -0.380. The standard InChI is InChI=1S/C7H10N4O3S/c1-2-8-5(12)3-9-7-10-4-6(15-7)11(13)14/h4H,2-3H2,1H3,(H,8,12)(H,9,10). The largest absolute Gasteiger partial charge is 0.355 e. The number of carbonyl (C=O) groups is 1.